The largest absolute Gasteiger partial charge is 0.398 e. The molecule has 0 saturated carbocycles. The van der Waals surface area contributed by atoms with Crippen molar-refractivity contribution in [3.63, 3.8) is 0 Å². The van der Waals surface area contributed by atoms with Crippen LogP contribution in [0.25, 0.3) is 0 Å². The van der Waals surface area contributed by atoms with Gasteiger partial charge in [0.2, 0.25) is 0 Å². The van der Waals surface area contributed by atoms with Crippen LogP contribution in [0.1, 0.15) is 11.5 Å². The molecule has 102 valence electrons. The Morgan fingerprint density at radius 1 is 1.37 bits per heavy atom. The summed E-state index contributed by atoms with van der Waals surface area (Å²) in [6, 6.07) is 4.77. The third-order valence-electron chi connectivity index (χ3n) is 2.49. The lowest BCUT2D eigenvalue weighted by Crippen LogP contribution is -2.14. The molecule has 2 aromatic rings. The molecule has 19 heavy (non-hydrogen) atoms. The third kappa shape index (κ3) is 2.74. The van der Waals surface area contributed by atoms with Crippen LogP contribution in [0.15, 0.2) is 32.1 Å². The monoisotopic (exact) mass is 345 g/mol. The Morgan fingerprint density at radius 3 is 2.58 bits per heavy atom. The van der Waals surface area contributed by atoms with Crippen molar-refractivity contribution in [1.29, 1.82) is 0 Å². The highest BCUT2D eigenvalue weighted by Crippen LogP contribution is 2.26. The fraction of sp³-hybridized carbons (Fsp3) is 0.182. The van der Waals surface area contributed by atoms with Crippen LogP contribution in [-0.4, -0.2) is 13.6 Å². The van der Waals surface area contributed by atoms with Gasteiger partial charge in [-0.2, -0.15) is 0 Å². The fourth-order valence-corrected chi connectivity index (χ4v) is 3.42. The van der Waals surface area contributed by atoms with E-state index in [4.69, 9.17) is 10.3 Å². The van der Waals surface area contributed by atoms with E-state index in [0.717, 1.165) is 0 Å². The van der Waals surface area contributed by atoms with E-state index in [1.165, 1.54) is 0 Å². The van der Waals surface area contributed by atoms with Crippen LogP contribution in [-0.2, 0) is 10.0 Å². The molecule has 0 unspecified atom stereocenters. The van der Waals surface area contributed by atoms with E-state index in [0.29, 0.717) is 21.5 Å². The molecule has 3 N–H and O–H groups in total. The molecular formula is C11H12BrN3O3S. The molecule has 8 heteroatoms. The average molecular weight is 346 g/mol. The molecule has 6 nitrogen and oxygen atoms in total. The average Bonchev–Trinajstić information content (AvgIpc) is 2.64. The number of halogens is 1. The summed E-state index contributed by atoms with van der Waals surface area (Å²) in [4.78, 5) is 0.0560. The molecule has 2 rings (SSSR count). The zero-order valence-corrected chi connectivity index (χ0v) is 12.7. The highest BCUT2D eigenvalue weighted by molar-refractivity contribution is 9.10. The molecule has 1 aromatic heterocycles. The van der Waals surface area contributed by atoms with Gasteiger partial charge in [0.25, 0.3) is 10.0 Å². The highest BCUT2D eigenvalue weighted by atomic mass is 79.9. The molecule has 1 heterocycles. The number of hydrogen-bond donors (Lipinski definition) is 2. The van der Waals surface area contributed by atoms with Crippen LogP contribution in [0.3, 0.4) is 0 Å². The minimum Gasteiger partial charge on any atom is -0.398 e. The van der Waals surface area contributed by atoms with Gasteiger partial charge in [0.05, 0.1) is 5.69 Å². The lowest BCUT2D eigenvalue weighted by molar-refractivity contribution is 0.390. The Balaban J connectivity index is 2.39. The number of nitrogens with zero attached hydrogens (tertiary/aromatic N) is 1. The van der Waals surface area contributed by atoms with E-state index < -0.39 is 10.0 Å². The summed E-state index contributed by atoms with van der Waals surface area (Å²) in [5.41, 5.74) is 6.90. The van der Waals surface area contributed by atoms with Crippen molar-refractivity contribution in [3.8, 4) is 0 Å². The number of hydrogen-bond acceptors (Lipinski definition) is 5. The SMILES string of the molecule is Cc1noc(C)c1S(=O)(=O)Nc1ccc(N)c(Br)c1. The molecule has 0 fully saturated rings. The molecular weight excluding hydrogens is 334 g/mol. The molecule has 0 aliphatic rings. The van der Waals surface area contributed by atoms with E-state index in [1.807, 2.05) is 0 Å². The number of rotatable bonds is 3. The Kier molecular flexibility index (Phi) is 3.55. The van der Waals surface area contributed by atoms with E-state index >= 15 is 0 Å². The number of nitrogen functional groups attached to an aromatic ring is 1. The zero-order valence-electron chi connectivity index (χ0n) is 10.3. The van der Waals surface area contributed by atoms with Crippen molar-refractivity contribution in [2.45, 2.75) is 18.7 Å². The topological polar surface area (TPSA) is 98.2 Å². The predicted molar refractivity (Wildman–Crippen MR) is 75.3 cm³/mol. The third-order valence-corrected chi connectivity index (χ3v) is 4.80. The summed E-state index contributed by atoms with van der Waals surface area (Å²) < 4.78 is 32.4. The summed E-state index contributed by atoms with van der Waals surface area (Å²) >= 11 is 3.24. The number of aromatic nitrogens is 1. The van der Waals surface area contributed by atoms with Crippen LogP contribution in [0.2, 0.25) is 0 Å². The zero-order chi connectivity index (χ0) is 14.2. The van der Waals surface area contributed by atoms with E-state index in [-0.39, 0.29) is 10.7 Å². The second-order valence-electron chi connectivity index (χ2n) is 4.00. The molecule has 1 aromatic carbocycles. The molecule has 0 amide bonds. The van der Waals surface area contributed by atoms with Crippen molar-refractivity contribution < 1.29 is 12.9 Å². The summed E-state index contributed by atoms with van der Waals surface area (Å²) in [5.74, 6) is 0.250. The first-order valence-electron chi connectivity index (χ1n) is 5.32. The van der Waals surface area contributed by atoms with Crippen molar-refractivity contribution in [2.24, 2.45) is 0 Å². The molecule has 0 aliphatic carbocycles. The van der Waals surface area contributed by atoms with E-state index in [2.05, 4.69) is 25.8 Å². The summed E-state index contributed by atoms with van der Waals surface area (Å²) in [5, 5.41) is 3.63. The van der Waals surface area contributed by atoms with Gasteiger partial charge < -0.3 is 10.3 Å². The summed E-state index contributed by atoms with van der Waals surface area (Å²) in [7, 11) is -3.73. The standard InChI is InChI=1S/C11H12BrN3O3S/c1-6-11(7(2)18-14-6)19(16,17)15-8-3-4-10(13)9(12)5-8/h3-5,15H,13H2,1-2H3. The number of anilines is 2. The van der Waals surface area contributed by atoms with Crippen LogP contribution >= 0.6 is 15.9 Å². The van der Waals surface area contributed by atoms with Crippen molar-refractivity contribution in [2.75, 3.05) is 10.5 Å². The highest BCUT2D eigenvalue weighted by Gasteiger charge is 2.24. The Hall–Kier alpha value is -1.54. The van der Waals surface area contributed by atoms with Gasteiger partial charge in [0.1, 0.15) is 5.69 Å². The van der Waals surface area contributed by atoms with Crippen LogP contribution in [0.5, 0.6) is 0 Å². The smallest absolute Gasteiger partial charge is 0.267 e. The minimum atomic E-state index is -3.73. The van der Waals surface area contributed by atoms with Gasteiger partial charge >= 0.3 is 0 Å². The lowest BCUT2D eigenvalue weighted by atomic mass is 10.3. The Morgan fingerprint density at radius 2 is 2.05 bits per heavy atom. The van der Waals surface area contributed by atoms with Crippen molar-refractivity contribution >= 4 is 37.3 Å². The maximum Gasteiger partial charge on any atom is 0.267 e. The van der Waals surface area contributed by atoms with Gasteiger partial charge in [-0.15, -0.1) is 0 Å². The number of sulfonamides is 1. The van der Waals surface area contributed by atoms with Crippen LogP contribution < -0.4 is 10.5 Å². The first kappa shape index (κ1) is 13.9. The van der Waals surface area contributed by atoms with Crippen molar-refractivity contribution in [3.05, 3.63) is 34.1 Å². The molecule has 0 bridgehead atoms. The number of nitrogens with one attached hydrogen (secondary N) is 1. The number of aryl methyl sites for hydroxylation is 2. The van der Waals surface area contributed by atoms with Gasteiger partial charge in [-0.05, 0) is 48.0 Å². The Labute approximate surface area is 119 Å². The van der Waals surface area contributed by atoms with Crippen LogP contribution in [0.4, 0.5) is 11.4 Å². The van der Waals surface area contributed by atoms with Gasteiger partial charge in [0.15, 0.2) is 10.7 Å². The number of benzene rings is 1. The molecule has 0 aliphatic heterocycles. The predicted octanol–water partition coefficient (Wildman–Crippen LogP) is 2.44. The van der Waals surface area contributed by atoms with Gasteiger partial charge in [-0.25, -0.2) is 8.42 Å². The maximum absolute atomic E-state index is 12.2. The van der Waals surface area contributed by atoms with E-state index in [9.17, 15) is 8.42 Å². The van der Waals surface area contributed by atoms with Gasteiger partial charge in [-0.3, -0.25) is 4.72 Å². The summed E-state index contributed by atoms with van der Waals surface area (Å²) in [6.45, 7) is 3.12. The van der Waals surface area contributed by atoms with Crippen LogP contribution in [0, 0.1) is 13.8 Å². The fourth-order valence-electron chi connectivity index (χ4n) is 1.66. The minimum absolute atomic E-state index is 0.0560. The maximum atomic E-state index is 12.2. The first-order valence-corrected chi connectivity index (χ1v) is 7.59. The molecule has 0 spiro atoms. The molecule has 0 saturated heterocycles. The molecule has 0 radical (unpaired) electrons. The second-order valence-corrected chi connectivity index (χ2v) is 6.47. The quantitative estimate of drug-likeness (QED) is 0.832. The van der Waals surface area contributed by atoms with E-state index in [1.54, 1.807) is 32.0 Å². The van der Waals surface area contributed by atoms with Gasteiger partial charge in [-0.1, -0.05) is 5.16 Å². The van der Waals surface area contributed by atoms with Crippen molar-refractivity contribution in [1.82, 2.24) is 5.16 Å². The lowest BCUT2D eigenvalue weighted by Gasteiger charge is -2.08. The normalized spacial score (nSPS) is 11.5. The second kappa shape index (κ2) is 4.86. The first-order chi connectivity index (χ1) is 8.81. The summed E-state index contributed by atoms with van der Waals surface area (Å²) in [6.07, 6.45) is 0. The molecule has 0 atom stereocenters. The Bertz CT molecular complexity index is 705. The van der Waals surface area contributed by atoms with Gasteiger partial charge in [0, 0.05) is 10.2 Å². The number of nitrogens with two attached hydrogens (primary N) is 1.